The van der Waals surface area contributed by atoms with Crippen LogP contribution in [0.25, 0.3) is 11.3 Å². The molecule has 2 aromatic rings. The summed E-state index contributed by atoms with van der Waals surface area (Å²) in [5, 5.41) is 1.08. The van der Waals surface area contributed by atoms with E-state index in [4.69, 9.17) is 33.2 Å². The molecule has 0 radical (unpaired) electrons. The highest BCUT2D eigenvalue weighted by Gasteiger charge is 2.37. The standard InChI is InChI=1S/C20H23Cl2N3/c1-14-19(25-11-9-20(10-12-25)7-2-3-8-20)23-13-17(24-14)15-5-4-6-16(21)18(15)22/h4-6,13H,2-3,7-12H2,1H3. The maximum Gasteiger partial charge on any atom is 0.150 e. The molecule has 3 nitrogen and oxygen atoms in total. The largest absolute Gasteiger partial charge is 0.355 e. The molecular formula is C20H23Cl2N3. The lowest BCUT2D eigenvalue weighted by Gasteiger charge is -2.40. The van der Waals surface area contributed by atoms with Crippen LogP contribution in [0.15, 0.2) is 24.4 Å². The number of halogens is 2. The monoisotopic (exact) mass is 375 g/mol. The van der Waals surface area contributed by atoms with Gasteiger partial charge >= 0.3 is 0 Å². The Morgan fingerprint density at radius 2 is 1.76 bits per heavy atom. The molecule has 1 spiro atoms. The average Bonchev–Trinajstić information content (AvgIpc) is 3.06. The van der Waals surface area contributed by atoms with Crippen molar-refractivity contribution in [3.63, 3.8) is 0 Å². The van der Waals surface area contributed by atoms with Gasteiger partial charge in [0.05, 0.1) is 27.6 Å². The number of anilines is 1. The Morgan fingerprint density at radius 1 is 1.04 bits per heavy atom. The quantitative estimate of drug-likeness (QED) is 0.652. The summed E-state index contributed by atoms with van der Waals surface area (Å²) in [6.45, 7) is 4.21. The fourth-order valence-corrected chi connectivity index (χ4v) is 4.83. The number of rotatable bonds is 2. The van der Waals surface area contributed by atoms with Crippen molar-refractivity contribution >= 4 is 29.0 Å². The molecular weight excluding hydrogens is 353 g/mol. The molecule has 0 N–H and O–H groups in total. The summed E-state index contributed by atoms with van der Waals surface area (Å²) >= 11 is 12.5. The fourth-order valence-electron chi connectivity index (χ4n) is 4.43. The number of benzene rings is 1. The maximum absolute atomic E-state index is 6.33. The Labute approximate surface area is 159 Å². The number of nitrogens with zero attached hydrogens (tertiary/aromatic N) is 3. The predicted octanol–water partition coefficient (Wildman–Crippen LogP) is 5.92. The highest BCUT2D eigenvalue weighted by Crippen LogP contribution is 2.46. The number of hydrogen-bond acceptors (Lipinski definition) is 3. The van der Waals surface area contributed by atoms with E-state index in [1.807, 2.05) is 25.3 Å². The van der Waals surface area contributed by atoms with Gasteiger partial charge in [0.2, 0.25) is 0 Å². The minimum atomic E-state index is 0.534. The van der Waals surface area contributed by atoms with E-state index in [-0.39, 0.29) is 0 Å². The number of aryl methyl sites for hydroxylation is 1. The Hall–Kier alpha value is -1.32. The topological polar surface area (TPSA) is 29.0 Å². The van der Waals surface area contributed by atoms with Gasteiger partial charge in [0.15, 0.2) is 0 Å². The van der Waals surface area contributed by atoms with Crippen molar-refractivity contribution in [2.45, 2.75) is 45.4 Å². The highest BCUT2D eigenvalue weighted by molar-refractivity contribution is 6.43. The molecule has 0 bridgehead atoms. The molecule has 4 rings (SSSR count). The summed E-state index contributed by atoms with van der Waals surface area (Å²) in [5.74, 6) is 1.01. The third-order valence-electron chi connectivity index (χ3n) is 5.94. The second-order valence-electron chi connectivity index (χ2n) is 7.46. The molecule has 2 fully saturated rings. The lowest BCUT2D eigenvalue weighted by Crippen LogP contribution is -2.39. The molecule has 1 aliphatic carbocycles. The zero-order valence-corrected chi connectivity index (χ0v) is 16.1. The lowest BCUT2D eigenvalue weighted by atomic mass is 9.77. The van der Waals surface area contributed by atoms with E-state index in [1.54, 1.807) is 6.07 Å². The summed E-state index contributed by atoms with van der Waals surface area (Å²) in [6, 6.07) is 5.61. The van der Waals surface area contributed by atoms with E-state index in [1.165, 1.54) is 38.5 Å². The van der Waals surface area contributed by atoms with Crippen LogP contribution in [-0.2, 0) is 0 Å². The van der Waals surface area contributed by atoms with Crippen LogP contribution >= 0.6 is 23.2 Å². The second kappa shape index (κ2) is 6.77. The zero-order valence-electron chi connectivity index (χ0n) is 14.6. The molecule has 1 aliphatic heterocycles. The Bertz CT molecular complexity index is 775. The van der Waals surface area contributed by atoms with Gasteiger partial charge in [-0.05, 0) is 44.1 Å². The molecule has 1 aromatic heterocycles. The van der Waals surface area contributed by atoms with Gasteiger partial charge < -0.3 is 4.90 Å². The molecule has 2 heterocycles. The first-order valence-electron chi connectivity index (χ1n) is 9.11. The normalized spacial score (nSPS) is 19.6. The minimum absolute atomic E-state index is 0.534. The van der Waals surface area contributed by atoms with Crippen molar-refractivity contribution in [2.24, 2.45) is 5.41 Å². The first kappa shape index (κ1) is 17.1. The van der Waals surface area contributed by atoms with E-state index >= 15 is 0 Å². The van der Waals surface area contributed by atoms with Crippen molar-refractivity contribution in [1.82, 2.24) is 9.97 Å². The molecule has 25 heavy (non-hydrogen) atoms. The number of hydrogen-bond donors (Lipinski definition) is 0. The van der Waals surface area contributed by atoms with Crippen LogP contribution in [0.2, 0.25) is 10.0 Å². The minimum Gasteiger partial charge on any atom is -0.355 e. The number of aromatic nitrogens is 2. The fraction of sp³-hybridized carbons (Fsp3) is 0.500. The average molecular weight is 376 g/mol. The van der Waals surface area contributed by atoms with Gasteiger partial charge in [-0.25, -0.2) is 9.97 Å². The van der Waals surface area contributed by atoms with Gasteiger partial charge in [0, 0.05) is 18.7 Å². The van der Waals surface area contributed by atoms with Crippen LogP contribution in [0, 0.1) is 12.3 Å². The van der Waals surface area contributed by atoms with Crippen LogP contribution in [0.1, 0.15) is 44.2 Å². The van der Waals surface area contributed by atoms with Gasteiger partial charge in [-0.15, -0.1) is 0 Å². The second-order valence-corrected chi connectivity index (χ2v) is 8.24. The smallest absolute Gasteiger partial charge is 0.150 e. The van der Waals surface area contributed by atoms with Crippen LogP contribution in [0.3, 0.4) is 0 Å². The SMILES string of the molecule is Cc1nc(-c2cccc(Cl)c2Cl)cnc1N1CCC2(CCCC2)CC1. The molecule has 0 amide bonds. The van der Waals surface area contributed by atoms with Gasteiger partial charge in [0.25, 0.3) is 0 Å². The van der Waals surface area contributed by atoms with Crippen LogP contribution < -0.4 is 4.90 Å². The molecule has 1 saturated carbocycles. The summed E-state index contributed by atoms with van der Waals surface area (Å²) in [4.78, 5) is 11.9. The Morgan fingerprint density at radius 3 is 2.44 bits per heavy atom. The van der Waals surface area contributed by atoms with E-state index < -0.39 is 0 Å². The molecule has 5 heteroatoms. The van der Waals surface area contributed by atoms with E-state index in [9.17, 15) is 0 Å². The van der Waals surface area contributed by atoms with E-state index in [2.05, 4.69) is 4.90 Å². The van der Waals surface area contributed by atoms with Gasteiger partial charge in [0.1, 0.15) is 5.82 Å². The highest BCUT2D eigenvalue weighted by atomic mass is 35.5. The van der Waals surface area contributed by atoms with E-state index in [0.717, 1.165) is 35.9 Å². The van der Waals surface area contributed by atoms with Crippen LogP contribution in [0.4, 0.5) is 5.82 Å². The first-order chi connectivity index (χ1) is 12.1. The van der Waals surface area contributed by atoms with Crippen molar-refractivity contribution in [3.8, 4) is 11.3 Å². The summed E-state index contributed by atoms with van der Waals surface area (Å²) in [6.07, 6.45) is 10.0. The molecule has 0 unspecified atom stereocenters. The van der Waals surface area contributed by atoms with Gasteiger partial charge in [-0.1, -0.05) is 48.2 Å². The predicted molar refractivity (Wildman–Crippen MR) is 105 cm³/mol. The third kappa shape index (κ3) is 3.24. The molecule has 1 aromatic carbocycles. The molecule has 132 valence electrons. The Kier molecular flexibility index (Phi) is 4.63. The maximum atomic E-state index is 6.33. The first-order valence-corrected chi connectivity index (χ1v) is 9.87. The third-order valence-corrected chi connectivity index (χ3v) is 6.76. The zero-order chi connectivity index (χ0) is 17.4. The van der Waals surface area contributed by atoms with Crippen LogP contribution in [0.5, 0.6) is 0 Å². The van der Waals surface area contributed by atoms with Crippen molar-refractivity contribution in [2.75, 3.05) is 18.0 Å². The summed E-state index contributed by atoms with van der Waals surface area (Å²) in [5.41, 5.74) is 3.18. The summed E-state index contributed by atoms with van der Waals surface area (Å²) in [7, 11) is 0. The summed E-state index contributed by atoms with van der Waals surface area (Å²) < 4.78 is 0. The Balaban J connectivity index is 1.55. The van der Waals surface area contributed by atoms with Crippen LogP contribution in [-0.4, -0.2) is 23.1 Å². The molecule has 0 atom stereocenters. The van der Waals surface area contributed by atoms with Crippen molar-refractivity contribution in [1.29, 1.82) is 0 Å². The lowest BCUT2D eigenvalue weighted by molar-refractivity contribution is 0.226. The van der Waals surface area contributed by atoms with Crippen molar-refractivity contribution in [3.05, 3.63) is 40.1 Å². The van der Waals surface area contributed by atoms with Gasteiger partial charge in [-0.3, -0.25) is 0 Å². The van der Waals surface area contributed by atoms with E-state index in [0.29, 0.717) is 15.5 Å². The van der Waals surface area contributed by atoms with Crippen molar-refractivity contribution < 1.29 is 0 Å². The molecule has 2 aliphatic rings. The molecule has 1 saturated heterocycles. The number of piperidine rings is 1. The van der Waals surface area contributed by atoms with Gasteiger partial charge in [-0.2, -0.15) is 0 Å².